The Labute approximate surface area is 159 Å². The molecular weight excluding hydrogens is 340 g/mol. The maximum absolute atomic E-state index is 12.3. The topological polar surface area (TPSA) is 41.6 Å². The highest BCUT2D eigenvalue weighted by molar-refractivity contribution is 6.76. The zero-order chi connectivity index (χ0) is 18.7. The number of hydrogen-bond acceptors (Lipinski definition) is 3. The molecule has 1 aliphatic carbocycles. The molecule has 1 aromatic carbocycles. The van der Waals surface area contributed by atoms with Crippen molar-refractivity contribution < 1.29 is 9.53 Å². The molecule has 1 saturated heterocycles. The molecule has 4 atom stereocenters. The standard InChI is InChI=1S/C21H34N2O2Si/c1-16(17-8-6-5-7-9-17)23-13-12-18-10-11-19(20(18)23)22-21(24)25-14-15-26(2,3)4/h5-9,16,18-20H,10-15H2,1-4H3,(H,22,24)/t16-,18-,19+,20+/m1/s1. The second-order valence-electron chi connectivity index (χ2n) is 9.14. The molecule has 2 aliphatic rings. The first-order valence-electron chi connectivity index (χ1n) is 10.1. The van der Waals surface area contributed by atoms with Crippen LogP contribution in [0.3, 0.4) is 0 Å². The number of carbonyl (C=O) groups excluding carboxylic acids is 1. The minimum absolute atomic E-state index is 0.216. The van der Waals surface area contributed by atoms with Gasteiger partial charge in [0, 0.05) is 26.2 Å². The zero-order valence-corrected chi connectivity index (χ0v) is 17.7. The third-order valence-electron chi connectivity index (χ3n) is 6.05. The highest BCUT2D eigenvalue weighted by Gasteiger charge is 2.46. The van der Waals surface area contributed by atoms with Crippen LogP contribution < -0.4 is 5.32 Å². The number of rotatable bonds is 6. The Balaban J connectivity index is 1.58. The number of ether oxygens (including phenoxy) is 1. The van der Waals surface area contributed by atoms with E-state index in [1.165, 1.54) is 18.4 Å². The molecular formula is C21H34N2O2Si. The van der Waals surface area contributed by atoms with Crippen LogP contribution in [0.25, 0.3) is 0 Å². The summed E-state index contributed by atoms with van der Waals surface area (Å²) >= 11 is 0. The second-order valence-corrected chi connectivity index (χ2v) is 14.8. The van der Waals surface area contributed by atoms with Crippen molar-refractivity contribution in [1.82, 2.24) is 10.2 Å². The van der Waals surface area contributed by atoms with Crippen LogP contribution in [0.1, 0.15) is 37.8 Å². The number of benzene rings is 1. The van der Waals surface area contributed by atoms with Crippen LogP contribution >= 0.6 is 0 Å². The van der Waals surface area contributed by atoms with E-state index in [1.807, 2.05) is 0 Å². The summed E-state index contributed by atoms with van der Waals surface area (Å²) in [5.74, 6) is 0.702. The van der Waals surface area contributed by atoms with Gasteiger partial charge < -0.3 is 10.1 Å². The first kappa shape index (κ1) is 19.4. The number of fused-ring (bicyclic) bond motifs is 1. The van der Waals surface area contributed by atoms with Gasteiger partial charge in [0.2, 0.25) is 0 Å². The first-order chi connectivity index (χ1) is 12.3. The van der Waals surface area contributed by atoms with Gasteiger partial charge in [-0.2, -0.15) is 0 Å². The van der Waals surface area contributed by atoms with Crippen molar-refractivity contribution in [2.75, 3.05) is 13.2 Å². The van der Waals surface area contributed by atoms with E-state index in [0.29, 0.717) is 24.6 Å². The van der Waals surface area contributed by atoms with Crippen LogP contribution in [0.4, 0.5) is 4.79 Å². The van der Waals surface area contributed by atoms with Gasteiger partial charge in [-0.15, -0.1) is 0 Å². The molecule has 1 amide bonds. The predicted octanol–water partition coefficient (Wildman–Crippen LogP) is 4.66. The van der Waals surface area contributed by atoms with Gasteiger partial charge in [0.25, 0.3) is 0 Å². The van der Waals surface area contributed by atoms with E-state index in [-0.39, 0.29) is 12.1 Å². The van der Waals surface area contributed by atoms with Crippen molar-refractivity contribution in [3.05, 3.63) is 35.9 Å². The molecule has 1 saturated carbocycles. The first-order valence-corrected chi connectivity index (χ1v) is 13.8. The molecule has 1 N–H and O–H groups in total. The monoisotopic (exact) mass is 374 g/mol. The molecule has 2 fully saturated rings. The van der Waals surface area contributed by atoms with Crippen molar-refractivity contribution in [2.24, 2.45) is 5.92 Å². The van der Waals surface area contributed by atoms with Crippen LogP contribution in [0.15, 0.2) is 30.3 Å². The summed E-state index contributed by atoms with van der Waals surface area (Å²) in [5, 5.41) is 3.19. The van der Waals surface area contributed by atoms with Gasteiger partial charge in [0.15, 0.2) is 0 Å². The van der Waals surface area contributed by atoms with E-state index >= 15 is 0 Å². The number of amides is 1. The third-order valence-corrected chi connectivity index (χ3v) is 7.76. The maximum atomic E-state index is 12.3. The minimum Gasteiger partial charge on any atom is -0.450 e. The van der Waals surface area contributed by atoms with Gasteiger partial charge in [0.1, 0.15) is 0 Å². The van der Waals surface area contributed by atoms with Crippen LogP contribution in [0, 0.1) is 5.92 Å². The van der Waals surface area contributed by atoms with Crippen LogP contribution in [-0.4, -0.2) is 44.3 Å². The molecule has 0 unspecified atom stereocenters. The molecule has 1 aromatic rings. The van der Waals surface area contributed by atoms with E-state index in [0.717, 1.165) is 19.0 Å². The van der Waals surface area contributed by atoms with Gasteiger partial charge in [-0.25, -0.2) is 4.79 Å². The fourth-order valence-electron chi connectivity index (χ4n) is 4.52. The number of hydrogen-bond donors (Lipinski definition) is 1. The molecule has 26 heavy (non-hydrogen) atoms. The Morgan fingerprint density at radius 1 is 1.23 bits per heavy atom. The van der Waals surface area contributed by atoms with Crippen molar-refractivity contribution in [3.63, 3.8) is 0 Å². The molecule has 3 rings (SSSR count). The SMILES string of the molecule is C[C@H](c1ccccc1)N1CC[C@H]2CC[C@H](NC(=O)OCC[Si](C)(C)C)[C@H]21. The van der Waals surface area contributed by atoms with E-state index < -0.39 is 8.07 Å². The summed E-state index contributed by atoms with van der Waals surface area (Å²) in [4.78, 5) is 14.9. The number of nitrogens with zero attached hydrogens (tertiary/aromatic N) is 1. The Kier molecular flexibility index (Phi) is 6.08. The Hall–Kier alpha value is -1.33. The summed E-state index contributed by atoms with van der Waals surface area (Å²) in [7, 11) is -1.17. The highest BCUT2D eigenvalue weighted by atomic mass is 28.3. The normalized spacial score (nSPS) is 27.2. The van der Waals surface area contributed by atoms with Crippen molar-refractivity contribution >= 4 is 14.2 Å². The third kappa shape index (κ3) is 4.68. The van der Waals surface area contributed by atoms with Gasteiger partial charge >= 0.3 is 6.09 Å². The van der Waals surface area contributed by atoms with Crippen LogP contribution in [-0.2, 0) is 4.74 Å². The lowest BCUT2D eigenvalue weighted by molar-refractivity contribution is 0.127. The quantitative estimate of drug-likeness (QED) is 0.736. The zero-order valence-electron chi connectivity index (χ0n) is 16.7. The molecule has 4 nitrogen and oxygen atoms in total. The van der Waals surface area contributed by atoms with E-state index in [2.05, 4.69) is 67.1 Å². The fraction of sp³-hybridized carbons (Fsp3) is 0.667. The Morgan fingerprint density at radius 2 is 1.96 bits per heavy atom. The van der Waals surface area contributed by atoms with Crippen molar-refractivity contribution in [3.8, 4) is 0 Å². The molecule has 0 aromatic heterocycles. The number of carbonyl (C=O) groups is 1. The van der Waals surface area contributed by atoms with Crippen molar-refractivity contribution in [2.45, 2.75) is 70.0 Å². The average Bonchev–Trinajstić information content (AvgIpc) is 3.17. The summed E-state index contributed by atoms with van der Waals surface area (Å²) in [6.45, 7) is 10.9. The molecule has 144 valence electrons. The Morgan fingerprint density at radius 3 is 2.65 bits per heavy atom. The molecule has 1 heterocycles. The van der Waals surface area contributed by atoms with Gasteiger partial charge in [-0.05, 0) is 50.3 Å². The van der Waals surface area contributed by atoms with E-state index in [4.69, 9.17) is 4.74 Å². The minimum atomic E-state index is -1.17. The lowest BCUT2D eigenvalue weighted by atomic mass is 10.0. The highest BCUT2D eigenvalue weighted by Crippen LogP contribution is 2.42. The maximum Gasteiger partial charge on any atom is 0.407 e. The number of likely N-dealkylation sites (tertiary alicyclic amines) is 1. The van der Waals surface area contributed by atoms with Gasteiger partial charge in [-0.3, -0.25) is 4.90 Å². The number of nitrogens with one attached hydrogen (secondary N) is 1. The molecule has 1 aliphatic heterocycles. The van der Waals surface area contributed by atoms with Gasteiger partial charge in [0.05, 0.1) is 6.61 Å². The molecule has 5 heteroatoms. The summed E-state index contributed by atoms with van der Waals surface area (Å²) in [6.07, 6.45) is 3.29. The van der Waals surface area contributed by atoms with Crippen LogP contribution in [0.5, 0.6) is 0 Å². The van der Waals surface area contributed by atoms with Crippen molar-refractivity contribution in [1.29, 1.82) is 0 Å². The Bertz CT molecular complexity index is 602. The molecule has 0 radical (unpaired) electrons. The largest absolute Gasteiger partial charge is 0.450 e. The smallest absolute Gasteiger partial charge is 0.407 e. The summed E-state index contributed by atoms with van der Waals surface area (Å²) < 4.78 is 5.47. The predicted molar refractivity (Wildman–Crippen MR) is 109 cm³/mol. The average molecular weight is 375 g/mol. The van der Waals surface area contributed by atoms with E-state index in [9.17, 15) is 4.79 Å². The number of alkyl carbamates (subject to hydrolysis) is 1. The lowest BCUT2D eigenvalue weighted by Gasteiger charge is -2.34. The fourth-order valence-corrected chi connectivity index (χ4v) is 5.23. The molecule has 0 spiro atoms. The second kappa shape index (κ2) is 8.13. The van der Waals surface area contributed by atoms with Gasteiger partial charge in [-0.1, -0.05) is 50.0 Å². The summed E-state index contributed by atoms with van der Waals surface area (Å²) in [6, 6.07) is 12.8. The molecule has 0 bridgehead atoms. The summed E-state index contributed by atoms with van der Waals surface area (Å²) in [5.41, 5.74) is 1.36. The van der Waals surface area contributed by atoms with E-state index in [1.54, 1.807) is 0 Å². The lowest BCUT2D eigenvalue weighted by Crippen LogP contribution is -2.48. The van der Waals surface area contributed by atoms with Crippen LogP contribution in [0.2, 0.25) is 25.7 Å².